The van der Waals surface area contributed by atoms with Crippen LogP contribution in [0.3, 0.4) is 0 Å². The first-order valence-corrected chi connectivity index (χ1v) is 10.5. The number of benzene rings is 2. The van der Waals surface area contributed by atoms with Gasteiger partial charge in [-0.2, -0.15) is 5.10 Å². The fourth-order valence-corrected chi connectivity index (χ4v) is 3.91. The quantitative estimate of drug-likeness (QED) is 0.458. The van der Waals surface area contributed by atoms with Crippen molar-refractivity contribution in [2.75, 3.05) is 17.7 Å². The molecule has 0 atom stereocenters. The van der Waals surface area contributed by atoms with Crippen molar-refractivity contribution in [3.05, 3.63) is 95.6 Å². The van der Waals surface area contributed by atoms with E-state index in [2.05, 4.69) is 15.7 Å². The van der Waals surface area contributed by atoms with E-state index in [1.807, 2.05) is 54.7 Å². The minimum Gasteiger partial charge on any atom is -0.337 e. The Labute approximate surface area is 183 Å². The van der Waals surface area contributed by atoms with Crippen LogP contribution in [0.1, 0.15) is 15.2 Å². The van der Waals surface area contributed by atoms with Crippen LogP contribution < -0.4 is 10.6 Å². The minimum atomic E-state index is -0.353. The molecule has 8 heteroatoms. The normalized spacial score (nSPS) is 10.5. The van der Waals surface area contributed by atoms with Crippen LogP contribution in [0, 0.1) is 0 Å². The lowest BCUT2D eigenvalue weighted by atomic mass is 10.3. The van der Waals surface area contributed by atoms with E-state index in [9.17, 15) is 9.59 Å². The zero-order valence-electron chi connectivity index (χ0n) is 16.9. The second-order valence-corrected chi connectivity index (χ2v) is 7.98. The molecular weight excluding hydrogens is 410 g/mol. The fraction of sp³-hybridized carbons (Fsp3) is 0.0870. The molecule has 0 aliphatic carbocycles. The summed E-state index contributed by atoms with van der Waals surface area (Å²) in [5.74, 6) is -0.117. The van der Waals surface area contributed by atoms with Gasteiger partial charge < -0.3 is 10.2 Å². The van der Waals surface area contributed by atoms with E-state index in [1.165, 1.54) is 11.3 Å². The van der Waals surface area contributed by atoms with Gasteiger partial charge in [-0.25, -0.2) is 9.48 Å². The van der Waals surface area contributed by atoms with Gasteiger partial charge in [0.05, 0.1) is 21.8 Å². The summed E-state index contributed by atoms with van der Waals surface area (Å²) in [7, 11) is 1.75. The second kappa shape index (κ2) is 9.27. The molecule has 7 nitrogen and oxygen atoms in total. The molecule has 2 heterocycles. The Morgan fingerprint density at radius 1 is 0.968 bits per heavy atom. The molecule has 0 saturated heterocycles. The maximum Gasteiger partial charge on any atom is 0.324 e. The van der Waals surface area contributed by atoms with E-state index >= 15 is 0 Å². The van der Waals surface area contributed by atoms with E-state index in [0.29, 0.717) is 22.1 Å². The van der Waals surface area contributed by atoms with Crippen molar-refractivity contribution < 1.29 is 9.59 Å². The molecule has 4 aromatic rings. The lowest BCUT2D eigenvalue weighted by molar-refractivity contribution is 0.0790. The molecule has 31 heavy (non-hydrogen) atoms. The zero-order chi connectivity index (χ0) is 21.6. The maximum absolute atomic E-state index is 12.8. The standard InChI is InChI=1S/C23H21N5O2S/c1-27(15-17-14-24-28(16-17)19-10-6-3-7-11-19)22(29)20-12-13-21(31-20)26-23(30)25-18-8-4-2-5-9-18/h2-14,16H,15H2,1H3,(H2,25,26,30). The summed E-state index contributed by atoms with van der Waals surface area (Å²) in [5.41, 5.74) is 2.59. The van der Waals surface area contributed by atoms with Crippen LogP contribution in [0.5, 0.6) is 0 Å². The lowest BCUT2D eigenvalue weighted by Crippen LogP contribution is -2.25. The Bertz CT molecular complexity index is 1170. The number of para-hydroxylation sites is 2. The average molecular weight is 432 g/mol. The molecule has 2 aromatic heterocycles. The Hall–Kier alpha value is -3.91. The van der Waals surface area contributed by atoms with Crippen molar-refractivity contribution in [2.45, 2.75) is 6.54 Å². The Morgan fingerprint density at radius 2 is 1.68 bits per heavy atom. The average Bonchev–Trinajstić information content (AvgIpc) is 3.44. The van der Waals surface area contributed by atoms with Crippen LogP contribution in [0.25, 0.3) is 5.69 Å². The van der Waals surface area contributed by atoms with E-state index in [-0.39, 0.29) is 11.9 Å². The predicted octanol–water partition coefficient (Wildman–Crippen LogP) is 4.85. The smallest absolute Gasteiger partial charge is 0.324 e. The third-order valence-corrected chi connectivity index (χ3v) is 5.50. The number of aromatic nitrogens is 2. The summed E-state index contributed by atoms with van der Waals surface area (Å²) in [5, 5.41) is 10.5. The summed E-state index contributed by atoms with van der Waals surface area (Å²) in [6.45, 7) is 0.431. The number of nitrogens with one attached hydrogen (secondary N) is 2. The largest absolute Gasteiger partial charge is 0.337 e. The third kappa shape index (κ3) is 5.18. The number of carbonyl (C=O) groups is 2. The van der Waals surface area contributed by atoms with Crippen LogP contribution in [-0.2, 0) is 6.54 Å². The molecule has 0 aliphatic heterocycles. The fourth-order valence-electron chi connectivity index (χ4n) is 3.01. The van der Waals surface area contributed by atoms with Gasteiger partial charge in [-0.15, -0.1) is 11.3 Å². The van der Waals surface area contributed by atoms with Gasteiger partial charge in [0.15, 0.2) is 0 Å². The maximum atomic E-state index is 12.8. The van der Waals surface area contributed by atoms with E-state index in [1.54, 1.807) is 47.1 Å². The number of anilines is 2. The summed E-state index contributed by atoms with van der Waals surface area (Å²) in [6.07, 6.45) is 3.67. The van der Waals surface area contributed by atoms with Gasteiger partial charge >= 0.3 is 6.03 Å². The van der Waals surface area contributed by atoms with Gasteiger partial charge in [-0.05, 0) is 36.4 Å². The summed E-state index contributed by atoms with van der Waals surface area (Å²) in [6, 6.07) is 22.1. The SMILES string of the molecule is CN(Cc1cnn(-c2ccccc2)c1)C(=O)c1ccc(NC(=O)Nc2ccccc2)s1. The van der Waals surface area contributed by atoms with Gasteiger partial charge in [0, 0.05) is 31.0 Å². The Kier molecular flexibility index (Phi) is 6.09. The summed E-state index contributed by atoms with van der Waals surface area (Å²) >= 11 is 1.24. The Morgan fingerprint density at radius 3 is 2.42 bits per heavy atom. The van der Waals surface area contributed by atoms with Crippen molar-refractivity contribution in [1.29, 1.82) is 0 Å². The highest BCUT2D eigenvalue weighted by atomic mass is 32.1. The summed E-state index contributed by atoms with van der Waals surface area (Å²) in [4.78, 5) is 27.1. The molecule has 0 radical (unpaired) electrons. The number of amides is 3. The van der Waals surface area contributed by atoms with Crippen LogP contribution >= 0.6 is 11.3 Å². The predicted molar refractivity (Wildman–Crippen MR) is 123 cm³/mol. The molecular formula is C23H21N5O2S. The second-order valence-electron chi connectivity index (χ2n) is 6.90. The van der Waals surface area contributed by atoms with E-state index < -0.39 is 0 Å². The topological polar surface area (TPSA) is 79.3 Å². The highest BCUT2D eigenvalue weighted by Gasteiger charge is 2.16. The molecule has 3 amide bonds. The Balaban J connectivity index is 1.35. The molecule has 0 unspecified atom stereocenters. The molecule has 0 bridgehead atoms. The molecule has 0 aliphatic rings. The lowest BCUT2D eigenvalue weighted by Gasteiger charge is -2.15. The molecule has 0 spiro atoms. The number of hydrogen-bond acceptors (Lipinski definition) is 4. The third-order valence-electron chi connectivity index (χ3n) is 4.51. The molecule has 0 fully saturated rings. The first-order valence-electron chi connectivity index (χ1n) is 9.66. The summed E-state index contributed by atoms with van der Waals surface area (Å²) < 4.78 is 1.78. The molecule has 2 aromatic carbocycles. The number of urea groups is 1. The highest BCUT2D eigenvalue weighted by molar-refractivity contribution is 7.18. The number of rotatable bonds is 6. The first kappa shape index (κ1) is 20.4. The van der Waals surface area contributed by atoms with E-state index in [4.69, 9.17) is 0 Å². The van der Waals surface area contributed by atoms with Crippen LogP contribution in [-0.4, -0.2) is 33.7 Å². The van der Waals surface area contributed by atoms with E-state index in [0.717, 1.165) is 11.3 Å². The van der Waals surface area contributed by atoms with Crippen LogP contribution in [0.15, 0.2) is 85.2 Å². The molecule has 156 valence electrons. The van der Waals surface area contributed by atoms with Gasteiger partial charge in [-0.1, -0.05) is 36.4 Å². The number of carbonyl (C=O) groups excluding carboxylic acids is 2. The number of hydrogen-bond donors (Lipinski definition) is 2. The number of nitrogens with zero attached hydrogens (tertiary/aromatic N) is 3. The monoisotopic (exact) mass is 431 g/mol. The van der Waals surface area contributed by atoms with Crippen molar-refractivity contribution in [3.63, 3.8) is 0 Å². The molecule has 4 rings (SSSR count). The van der Waals surface area contributed by atoms with Crippen molar-refractivity contribution in [1.82, 2.24) is 14.7 Å². The molecule has 0 saturated carbocycles. The van der Waals surface area contributed by atoms with Gasteiger partial charge in [0.25, 0.3) is 5.91 Å². The minimum absolute atomic E-state index is 0.117. The number of thiophene rings is 1. The first-order chi connectivity index (χ1) is 15.1. The van der Waals surface area contributed by atoms with Gasteiger partial charge in [0.2, 0.25) is 0 Å². The zero-order valence-corrected chi connectivity index (χ0v) is 17.7. The van der Waals surface area contributed by atoms with Crippen LogP contribution in [0.4, 0.5) is 15.5 Å². The van der Waals surface area contributed by atoms with Gasteiger partial charge in [-0.3, -0.25) is 10.1 Å². The van der Waals surface area contributed by atoms with Crippen molar-refractivity contribution in [3.8, 4) is 5.69 Å². The van der Waals surface area contributed by atoms with Crippen molar-refractivity contribution in [2.24, 2.45) is 0 Å². The molecule has 2 N–H and O–H groups in total. The van der Waals surface area contributed by atoms with Gasteiger partial charge in [0.1, 0.15) is 0 Å². The highest BCUT2D eigenvalue weighted by Crippen LogP contribution is 2.24. The van der Waals surface area contributed by atoms with Crippen LogP contribution in [0.2, 0.25) is 0 Å². The van der Waals surface area contributed by atoms with Crippen molar-refractivity contribution >= 4 is 34.0 Å².